The predicted octanol–water partition coefficient (Wildman–Crippen LogP) is 2.32. The zero-order valence-corrected chi connectivity index (χ0v) is 13.2. The van der Waals surface area contributed by atoms with Crippen LogP contribution in [0.25, 0.3) is 0 Å². The molecule has 0 saturated carbocycles. The van der Waals surface area contributed by atoms with Crippen LogP contribution < -0.4 is 4.90 Å². The molecule has 2 heterocycles. The molecule has 0 aromatic carbocycles. The number of hydrogen-bond donors (Lipinski definition) is 1. The summed E-state index contributed by atoms with van der Waals surface area (Å²) in [5.41, 5.74) is 0.743. The van der Waals surface area contributed by atoms with Crippen LogP contribution >= 0.6 is 11.3 Å². The van der Waals surface area contributed by atoms with Crippen LogP contribution in [0.15, 0.2) is 0 Å². The van der Waals surface area contributed by atoms with Crippen LogP contribution in [0.5, 0.6) is 0 Å². The molecule has 0 aliphatic carbocycles. The molecule has 112 valence electrons. The summed E-state index contributed by atoms with van der Waals surface area (Å²) in [5, 5.41) is 10.2. The van der Waals surface area contributed by atoms with E-state index in [-0.39, 0.29) is 0 Å². The van der Waals surface area contributed by atoms with Crippen molar-refractivity contribution in [3.63, 3.8) is 0 Å². The number of rotatable bonds is 5. The monoisotopic (exact) mass is 297 g/mol. The molecule has 1 atom stereocenters. The van der Waals surface area contributed by atoms with Crippen LogP contribution in [-0.4, -0.2) is 54.2 Å². The second kappa shape index (κ2) is 6.54. The lowest BCUT2D eigenvalue weighted by Gasteiger charge is -2.35. The van der Waals surface area contributed by atoms with E-state index in [9.17, 15) is 9.90 Å². The van der Waals surface area contributed by atoms with Gasteiger partial charge in [-0.15, -0.1) is 0 Å². The maximum Gasteiger partial charge on any atom is 0.347 e. The maximum absolute atomic E-state index is 11.3. The Morgan fingerprint density at radius 1 is 1.55 bits per heavy atom. The van der Waals surface area contributed by atoms with Crippen molar-refractivity contribution in [2.45, 2.75) is 38.6 Å². The zero-order valence-electron chi connectivity index (χ0n) is 12.4. The number of aromatic carboxylic acids is 1. The molecule has 0 bridgehead atoms. The van der Waals surface area contributed by atoms with Crippen molar-refractivity contribution >= 4 is 22.4 Å². The van der Waals surface area contributed by atoms with Gasteiger partial charge in [-0.1, -0.05) is 24.7 Å². The summed E-state index contributed by atoms with van der Waals surface area (Å²) in [4.78, 5) is 20.8. The molecule has 1 aliphatic rings. The molecule has 1 aliphatic heterocycles. The highest BCUT2D eigenvalue weighted by Gasteiger charge is 2.25. The number of aryl methyl sites for hydroxylation is 1. The lowest BCUT2D eigenvalue weighted by molar-refractivity contribution is 0.0700. The standard InChI is InChI=1S/C14H23N3O2S/c1-4-6-11-12(13(18)19)20-14(15-11)17-8-5-7-10(9-17)16(2)3/h10H,4-9H2,1-3H3,(H,18,19). The van der Waals surface area contributed by atoms with E-state index in [0.717, 1.165) is 43.2 Å². The number of carbonyl (C=O) groups is 1. The van der Waals surface area contributed by atoms with Crippen molar-refractivity contribution in [2.75, 3.05) is 32.1 Å². The fourth-order valence-electron chi connectivity index (χ4n) is 2.60. The summed E-state index contributed by atoms with van der Waals surface area (Å²) in [5.74, 6) is -0.849. The van der Waals surface area contributed by atoms with E-state index in [2.05, 4.69) is 28.9 Å². The normalized spacial score (nSPS) is 19.6. The summed E-state index contributed by atoms with van der Waals surface area (Å²) in [6, 6.07) is 0.524. The molecule has 1 aromatic heterocycles. The van der Waals surface area contributed by atoms with E-state index in [1.54, 1.807) is 0 Å². The van der Waals surface area contributed by atoms with E-state index in [1.165, 1.54) is 17.8 Å². The van der Waals surface area contributed by atoms with Crippen molar-refractivity contribution < 1.29 is 9.90 Å². The molecule has 0 amide bonds. The molecule has 0 spiro atoms. The fraction of sp³-hybridized carbons (Fsp3) is 0.714. The van der Waals surface area contributed by atoms with Gasteiger partial charge in [-0.2, -0.15) is 0 Å². The number of nitrogens with zero attached hydrogens (tertiary/aromatic N) is 3. The lowest BCUT2D eigenvalue weighted by Crippen LogP contribution is -2.45. The van der Waals surface area contributed by atoms with Crippen molar-refractivity contribution in [3.8, 4) is 0 Å². The van der Waals surface area contributed by atoms with Gasteiger partial charge in [-0.05, 0) is 33.4 Å². The Labute approximate surface area is 124 Å². The topological polar surface area (TPSA) is 56.7 Å². The van der Waals surface area contributed by atoms with Gasteiger partial charge in [-0.25, -0.2) is 9.78 Å². The van der Waals surface area contributed by atoms with Gasteiger partial charge in [0, 0.05) is 19.1 Å². The highest BCUT2D eigenvalue weighted by atomic mass is 32.1. The van der Waals surface area contributed by atoms with Crippen molar-refractivity contribution in [2.24, 2.45) is 0 Å². The third-order valence-electron chi connectivity index (χ3n) is 3.76. The van der Waals surface area contributed by atoms with E-state index in [4.69, 9.17) is 0 Å². The van der Waals surface area contributed by atoms with Crippen LogP contribution in [0.4, 0.5) is 5.13 Å². The highest BCUT2D eigenvalue weighted by Crippen LogP contribution is 2.30. The Hall–Kier alpha value is -1.14. The van der Waals surface area contributed by atoms with Gasteiger partial charge in [0.25, 0.3) is 0 Å². The van der Waals surface area contributed by atoms with E-state index in [1.807, 2.05) is 6.92 Å². The molecule has 1 N–H and O–H groups in total. The molecule has 2 rings (SSSR count). The molecule has 20 heavy (non-hydrogen) atoms. The van der Waals surface area contributed by atoms with Gasteiger partial charge in [0.15, 0.2) is 5.13 Å². The fourth-order valence-corrected chi connectivity index (χ4v) is 3.58. The number of likely N-dealkylation sites (N-methyl/N-ethyl adjacent to an activating group) is 1. The second-order valence-electron chi connectivity index (χ2n) is 5.53. The molecule has 1 fully saturated rings. The minimum absolute atomic E-state index is 0.411. The summed E-state index contributed by atoms with van der Waals surface area (Å²) >= 11 is 1.32. The summed E-state index contributed by atoms with van der Waals surface area (Å²) in [6.45, 7) is 3.96. The van der Waals surface area contributed by atoms with Gasteiger partial charge in [0.05, 0.1) is 5.69 Å². The van der Waals surface area contributed by atoms with Crippen molar-refractivity contribution in [1.82, 2.24) is 9.88 Å². The average molecular weight is 297 g/mol. The molecular formula is C14H23N3O2S. The maximum atomic E-state index is 11.3. The van der Waals surface area contributed by atoms with Crippen molar-refractivity contribution in [3.05, 3.63) is 10.6 Å². The van der Waals surface area contributed by atoms with Gasteiger partial charge in [0.1, 0.15) is 4.88 Å². The Kier molecular flexibility index (Phi) is 4.99. The molecule has 6 heteroatoms. The van der Waals surface area contributed by atoms with Crippen LogP contribution in [0, 0.1) is 0 Å². The number of aromatic nitrogens is 1. The van der Waals surface area contributed by atoms with E-state index >= 15 is 0 Å². The number of piperidine rings is 1. The lowest BCUT2D eigenvalue weighted by atomic mass is 10.1. The zero-order chi connectivity index (χ0) is 14.7. The SMILES string of the molecule is CCCc1nc(N2CCCC(N(C)C)C2)sc1C(=O)O. The van der Waals surface area contributed by atoms with Gasteiger partial charge in [-0.3, -0.25) is 0 Å². The quantitative estimate of drug-likeness (QED) is 0.904. The van der Waals surface area contributed by atoms with E-state index in [0.29, 0.717) is 10.9 Å². The Bertz CT molecular complexity index is 473. The predicted molar refractivity (Wildman–Crippen MR) is 82.0 cm³/mol. The van der Waals surface area contributed by atoms with Crippen LogP contribution in [0.2, 0.25) is 0 Å². The number of carboxylic acid groups (broad SMARTS) is 1. The van der Waals surface area contributed by atoms with Gasteiger partial charge < -0.3 is 14.9 Å². The number of thiazole rings is 1. The molecule has 1 saturated heterocycles. The largest absolute Gasteiger partial charge is 0.477 e. The number of carboxylic acids is 1. The van der Waals surface area contributed by atoms with Crippen LogP contribution in [-0.2, 0) is 6.42 Å². The first kappa shape index (κ1) is 15.3. The molecule has 1 aromatic rings. The first-order chi connectivity index (χ1) is 9.52. The van der Waals surface area contributed by atoms with Crippen LogP contribution in [0.1, 0.15) is 41.6 Å². The van der Waals surface area contributed by atoms with Crippen LogP contribution in [0.3, 0.4) is 0 Å². The van der Waals surface area contributed by atoms with Gasteiger partial charge in [0.2, 0.25) is 0 Å². The average Bonchev–Trinajstić information content (AvgIpc) is 2.83. The van der Waals surface area contributed by atoms with Gasteiger partial charge >= 0.3 is 5.97 Å². The summed E-state index contributed by atoms with van der Waals surface area (Å²) in [7, 11) is 4.20. The Morgan fingerprint density at radius 2 is 2.30 bits per heavy atom. The highest BCUT2D eigenvalue weighted by molar-refractivity contribution is 7.17. The smallest absolute Gasteiger partial charge is 0.347 e. The number of anilines is 1. The molecular weight excluding hydrogens is 274 g/mol. The Morgan fingerprint density at radius 3 is 2.90 bits per heavy atom. The minimum Gasteiger partial charge on any atom is -0.477 e. The second-order valence-corrected chi connectivity index (χ2v) is 6.51. The first-order valence-corrected chi connectivity index (χ1v) is 7.99. The third kappa shape index (κ3) is 3.30. The Balaban J connectivity index is 2.19. The minimum atomic E-state index is -0.849. The van der Waals surface area contributed by atoms with E-state index < -0.39 is 5.97 Å². The summed E-state index contributed by atoms with van der Waals surface area (Å²) < 4.78 is 0. The number of hydrogen-bond acceptors (Lipinski definition) is 5. The van der Waals surface area contributed by atoms with Crippen molar-refractivity contribution in [1.29, 1.82) is 0 Å². The molecule has 1 unspecified atom stereocenters. The third-order valence-corrected chi connectivity index (χ3v) is 4.91. The first-order valence-electron chi connectivity index (χ1n) is 7.17. The molecule has 5 nitrogen and oxygen atoms in total. The molecule has 0 radical (unpaired) electrons. The summed E-state index contributed by atoms with van der Waals surface area (Å²) in [6.07, 6.45) is 3.99.